The second-order valence-corrected chi connectivity index (χ2v) is 3.04. The Labute approximate surface area is 75.5 Å². The highest BCUT2D eigenvalue weighted by Crippen LogP contribution is 2.21. The van der Waals surface area contributed by atoms with E-state index in [9.17, 15) is 8.78 Å². The Morgan fingerprint density at radius 1 is 1.38 bits per heavy atom. The van der Waals surface area contributed by atoms with Crippen molar-refractivity contribution in [3.63, 3.8) is 0 Å². The Bertz CT molecular complexity index is 289. The lowest BCUT2D eigenvalue weighted by molar-refractivity contribution is 0.509. The van der Waals surface area contributed by atoms with E-state index < -0.39 is 11.6 Å². The maximum absolute atomic E-state index is 12.8. The molecule has 2 nitrogen and oxygen atoms in total. The average molecular weight is 186 g/mol. The van der Waals surface area contributed by atoms with Crippen molar-refractivity contribution in [2.45, 2.75) is 12.8 Å². The lowest BCUT2D eigenvalue weighted by Crippen LogP contribution is -2.10. The summed E-state index contributed by atoms with van der Waals surface area (Å²) in [5.74, 6) is -1.93. The minimum Gasteiger partial charge on any atom is -0.396 e. The van der Waals surface area contributed by atoms with Crippen molar-refractivity contribution in [2.75, 3.05) is 12.3 Å². The number of rotatable bonds is 2. The Balaban J connectivity index is 3.13. The van der Waals surface area contributed by atoms with Crippen molar-refractivity contribution in [3.8, 4) is 0 Å². The van der Waals surface area contributed by atoms with Crippen molar-refractivity contribution in [1.82, 2.24) is 0 Å². The van der Waals surface area contributed by atoms with Crippen molar-refractivity contribution in [3.05, 3.63) is 29.3 Å². The molecule has 4 N–H and O–H groups in total. The number of anilines is 1. The van der Waals surface area contributed by atoms with Crippen molar-refractivity contribution >= 4 is 5.69 Å². The minimum absolute atomic E-state index is 0.0163. The molecule has 0 fully saturated rings. The van der Waals surface area contributed by atoms with Crippen molar-refractivity contribution in [1.29, 1.82) is 0 Å². The third kappa shape index (κ3) is 1.95. The molecule has 0 amide bonds. The van der Waals surface area contributed by atoms with Gasteiger partial charge in [0.25, 0.3) is 0 Å². The Kier molecular flexibility index (Phi) is 2.83. The van der Waals surface area contributed by atoms with Gasteiger partial charge in [0.15, 0.2) is 11.6 Å². The molecule has 13 heavy (non-hydrogen) atoms. The monoisotopic (exact) mass is 186 g/mol. The van der Waals surface area contributed by atoms with Crippen LogP contribution in [0, 0.1) is 11.6 Å². The Morgan fingerprint density at radius 3 is 2.46 bits per heavy atom. The van der Waals surface area contributed by atoms with Crippen molar-refractivity contribution < 1.29 is 8.78 Å². The molecule has 0 bridgehead atoms. The first kappa shape index (κ1) is 9.92. The van der Waals surface area contributed by atoms with Gasteiger partial charge in [0.2, 0.25) is 0 Å². The molecule has 0 aliphatic rings. The van der Waals surface area contributed by atoms with Crippen LogP contribution in [-0.2, 0) is 0 Å². The van der Waals surface area contributed by atoms with Crippen LogP contribution in [0.1, 0.15) is 18.4 Å². The summed E-state index contributed by atoms with van der Waals surface area (Å²) in [4.78, 5) is 0. The van der Waals surface area contributed by atoms with E-state index in [0.717, 1.165) is 6.07 Å². The van der Waals surface area contributed by atoms with Gasteiger partial charge in [0.1, 0.15) is 0 Å². The third-order valence-corrected chi connectivity index (χ3v) is 2.00. The van der Waals surface area contributed by atoms with Gasteiger partial charge in [-0.25, -0.2) is 8.78 Å². The van der Waals surface area contributed by atoms with Crippen LogP contribution < -0.4 is 11.5 Å². The molecular weight excluding hydrogens is 174 g/mol. The number of halogens is 2. The number of benzene rings is 1. The minimum atomic E-state index is -0.993. The average Bonchev–Trinajstić information content (AvgIpc) is 2.12. The SMILES string of the molecule is CC(CN)c1cc(N)c(F)c(F)c1. The first-order valence-corrected chi connectivity index (χ1v) is 4.00. The maximum Gasteiger partial charge on any atom is 0.181 e. The topological polar surface area (TPSA) is 52.0 Å². The van der Waals surface area contributed by atoms with E-state index in [0.29, 0.717) is 12.1 Å². The summed E-state index contributed by atoms with van der Waals surface area (Å²) in [5.41, 5.74) is 11.1. The van der Waals surface area contributed by atoms with Crippen LogP contribution in [0.2, 0.25) is 0 Å². The highest BCUT2D eigenvalue weighted by molar-refractivity contribution is 5.44. The number of nitrogen functional groups attached to an aromatic ring is 1. The van der Waals surface area contributed by atoms with Crippen LogP contribution >= 0.6 is 0 Å². The lowest BCUT2D eigenvalue weighted by Gasteiger charge is -2.10. The van der Waals surface area contributed by atoms with E-state index in [2.05, 4.69) is 0 Å². The van der Waals surface area contributed by atoms with Gasteiger partial charge in [-0.2, -0.15) is 0 Å². The molecule has 1 rings (SSSR count). The first-order chi connectivity index (χ1) is 6.06. The fourth-order valence-corrected chi connectivity index (χ4v) is 1.05. The molecule has 0 aromatic heterocycles. The number of nitrogens with two attached hydrogens (primary N) is 2. The first-order valence-electron chi connectivity index (χ1n) is 4.00. The van der Waals surface area contributed by atoms with Crippen LogP contribution in [0.15, 0.2) is 12.1 Å². The summed E-state index contributed by atoms with van der Waals surface area (Å²) in [6.45, 7) is 2.20. The molecule has 0 saturated carbocycles. The number of hydrogen-bond donors (Lipinski definition) is 2. The fourth-order valence-electron chi connectivity index (χ4n) is 1.05. The quantitative estimate of drug-likeness (QED) is 0.689. The van der Waals surface area contributed by atoms with E-state index in [1.165, 1.54) is 6.07 Å². The second kappa shape index (κ2) is 3.70. The van der Waals surface area contributed by atoms with E-state index in [4.69, 9.17) is 11.5 Å². The Hall–Kier alpha value is -1.16. The summed E-state index contributed by atoms with van der Waals surface area (Å²) >= 11 is 0. The van der Waals surface area contributed by atoms with E-state index in [-0.39, 0.29) is 11.6 Å². The molecule has 72 valence electrons. The second-order valence-electron chi connectivity index (χ2n) is 3.04. The lowest BCUT2D eigenvalue weighted by atomic mass is 10.0. The summed E-state index contributed by atoms with van der Waals surface area (Å²) in [6.07, 6.45) is 0. The van der Waals surface area contributed by atoms with Gasteiger partial charge in [0.05, 0.1) is 5.69 Å². The summed E-state index contributed by atoms with van der Waals surface area (Å²) in [7, 11) is 0. The molecule has 0 radical (unpaired) electrons. The molecule has 0 spiro atoms. The van der Waals surface area contributed by atoms with Crippen LogP contribution in [0.25, 0.3) is 0 Å². The van der Waals surface area contributed by atoms with E-state index >= 15 is 0 Å². The number of hydrogen-bond acceptors (Lipinski definition) is 2. The Morgan fingerprint density at radius 2 is 2.00 bits per heavy atom. The molecule has 0 aliphatic carbocycles. The molecule has 1 unspecified atom stereocenters. The van der Waals surface area contributed by atoms with Gasteiger partial charge >= 0.3 is 0 Å². The molecule has 1 atom stereocenters. The fraction of sp³-hybridized carbons (Fsp3) is 0.333. The zero-order chi connectivity index (χ0) is 10.0. The largest absolute Gasteiger partial charge is 0.396 e. The molecule has 4 heteroatoms. The highest BCUT2D eigenvalue weighted by Gasteiger charge is 2.11. The third-order valence-electron chi connectivity index (χ3n) is 2.00. The smallest absolute Gasteiger partial charge is 0.181 e. The summed E-state index contributed by atoms with van der Waals surface area (Å²) in [5, 5.41) is 0. The maximum atomic E-state index is 12.8. The standard InChI is InChI=1S/C9H12F2N2/c1-5(4-12)6-2-7(10)9(11)8(13)3-6/h2-3,5H,4,12-13H2,1H3. The predicted octanol–water partition coefficient (Wildman–Crippen LogP) is 1.61. The molecule has 0 saturated heterocycles. The molecule has 1 aromatic carbocycles. The summed E-state index contributed by atoms with van der Waals surface area (Å²) < 4.78 is 25.6. The van der Waals surface area contributed by atoms with Crippen LogP contribution in [0.3, 0.4) is 0 Å². The molecule has 0 aliphatic heterocycles. The zero-order valence-corrected chi connectivity index (χ0v) is 7.35. The molecular formula is C9H12F2N2. The summed E-state index contributed by atoms with van der Waals surface area (Å²) in [6, 6.07) is 2.54. The normalized spacial score (nSPS) is 12.9. The van der Waals surface area contributed by atoms with Crippen LogP contribution in [-0.4, -0.2) is 6.54 Å². The molecule has 0 heterocycles. The van der Waals surface area contributed by atoms with Gasteiger partial charge in [-0.15, -0.1) is 0 Å². The van der Waals surface area contributed by atoms with Crippen molar-refractivity contribution in [2.24, 2.45) is 5.73 Å². The zero-order valence-electron chi connectivity index (χ0n) is 7.35. The van der Waals surface area contributed by atoms with Gasteiger partial charge in [0, 0.05) is 0 Å². The van der Waals surface area contributed by atoms with E-state index in [1.54, 1.807) is 0 Å². The van der Waals surface area contributed by atoms with Crippen LogP contribution in [0.4, 0.5) is 14.5 Å². The van der Waals surface area contributed by atoms with Crippen LogP contribution in [0.5, 0.6) is 0 Å². The van der Waals surface area contributed by atoms with Gasteiger partial charge in [-0.3, -0.25) is 0 Å². The molecule has 1 aromatic rings. The highest BCUT2D eigenvalue weighted by atomic mass is 19.2. The van der Waals surface area contributed by atoms with Gasteiger partial charge in [-0.05, 0) is 30.2 Å². The van der Waals surface area contributed by atoms with Gasteiger partial charge < -0.3 is 11.5 Å². The van der Waals surface area contributed by atoms with E-state index in [1.807, 2.05) is 6.92 Å². The predicted molar refractivity (Wildman–Crippen MR) is 48.2 cm³/mol. The van der Waals surface area contributed by atoms with Gasteiger partial charge in [-0.1, -0.05) is 6.92 Å².